The molecular weight excluding hydrogens is 390 g/mol. The summed E-state index contributed by atoms with van der Waals surface area (Å²) >= 11 is 0. The van der Waals surface area contributed by atoms with Crippen molar-refractivity contribution in [3.63, 3.8) is 0 Å². The van der Waals surface area contributed by atoms with Crippen LogP contribution in [0.15, 0.2) is 64.6 Å². The van der Waals surface area contributed by atoms with Crippen LogP contribution in [0.5, 0.6) is 0 Å². The summed E-state index contributed by atoms with van der Waals surface area (Å²) < 4.78 is 6.05. The number of allylic oxidation sites excluding steroid dienone is 5. The lowest BCUT2D eigenvalue weighted by Crippen LogP contribution is -2.07. The van der Waals surface area contributed by atoms with E-state index in [1.54, 1.807) is 11.1 Å². The molecule has 3 aliphatic carbocycles. The first-order chi connectivity index (χ1) is 15.7. The minimum atomic E-state index is 0.827. The maximum absolute atomic E-state index is 6.59. The first-order valence-electron chi connectivity index (χ1n) is 11.9. The molecule has 32 heavy (non-hydrogen) atoms. The Labute approximate surface area is 190 Å². The molecule has 1 heterocycles. The van der Waals surface area contributed by atoms with Crippen LogP contribution >= 0.6 is 0 Å². The van der Waals surface area contributed by atoms with Crippen LogP contribution in [0.1, 0.15) is 65.0 Å². The van der Waals surface area contributed by atoms with Gasteiger partial charge in [0.05, 0.1) is 0 Å². The Kier molecular flexibility index (Phi) is 4.68. The molecule has 3 aliphatic rings. The second kappa shape index (κ2) is 7.70. The largest absolute Gasteiger partial charge is 0.465 e. The molecule has 0 amide bonds. The van der Waals surface area contributed by atoms with Gasteiger partial charge in [0.1, 0.15) is 11.5 Å². The van der Waals surface area contributed by atoms with Crippen molar-refractivity contribution in [3.8, 4) is 11.1 Å². The molecule has 0 aliphatic heterocycles. The molecule has 0 fully saturated rings. The van der Waals surface area contributed by atoms with Crippen LogP contribution in [0.3, 0.4) is 0 Å². The Balaban J connectivity index is 1.32. The summed E-state index contributed by atoms with van der Waals surface area (Å²) in [4.78, 5) is 0. The summed E-state index contributed by atoms with van der Waals surface area (Å²) in [7, 11) is 0. The van der Waals surface area contributed by atoms with E-state index in [0.717, 1.165) is 60.4 Å². The van der Waals surface area contributed by atoms with Gasteiger partial charge in [-0.05, 0) is 84.9 Å². The van der Waals surface area contributed by atoms with Gasteiger partial charge in [-0.25, -0.2) is 0 Å². The summed E-state index contributed by atoms with van der Waals surface area (Å²) in [6.45, 7) is 2.05. The molecule has 1 aromatic heterocycles. The lowest BCUT2D eigenvalue weighted by molar-refractivity contribution is 0.482. The monoisotopic (exact) mass is 419 g/mol. The molecule has 160 valence electrons. The van der Waals surface area contributed by atoms with E-state index in [2.05, 4.69) is 60.7 Å². The van der Waals surface area contributed by atoms with Gasteiger partial charge < -0.3 is 10.2 Å². The predicted molar refractivity (Wildman–Crippen MR) is 134 cm³/mol. The fourth-order valence-electron chi connectivity index (χ4n) is 5.68. The van der Waals surface area contributed by atoms with Crippen LogP contribution in [0.25, 0.3) is 22.8 Å². The van der Waals surface area contributed by atoms with Crippen molar-refractivity contribution in [2.24, 2.45) is 0 Å². The van der Waals surface area contributed by atoms with E-state index >= 15 is 0 Å². The summed E-state index contributed by atoms with van der Waals surface area (Å²) in [5, 5.41) is 0. The highest BCUT2D eigenvalue weighted by atomic mass is 16.3. The Morgan fingerprint density at radius 2 is 1.66 bits per heavy atom. The van der Waals surface area contributed by atoms with Crippen LogP contribution in [-0.2, 0) is 19.3 Å². The molecular formula is C30H29NO. The zero-order chi connectivity index (χ0) is 21.7. The topological polar surface area (TPSA) is 39.2 Å². The van der Waals surface area contributed by atoms with E-state index in [1.807, 2.05) is 6.92 Å². The van der Waals surface area contributed by atoms with Crippen LogP contribution in [-0.4, -0.2) is 0 Å². The molecule has 2 heteroatoms. The first-order valence-corrected chi connectivity index (χ1v) is 11.9. The fourth-order valence-corrected chi connectivity index (χ4v) is 5.68. The Bertz CT molecular complexity index is 1310. The van der Waals surface area contributed by atoms with Crippen molar-refractivity contribution >= 4 is 17.3 Å². The van der Waals surface area contributed by atoms with Crippen molar-refractivity contribution in [3.05, 3.63) is 99.5 Å². The third-order valence-corrected chi connectivity index (χ3v) is 7.24. The van der Waals surface area contributed by atoms with E-state index in [9.17, 15) is 0 Å². The molecule has 6 rings (SSSR count). The molecule has 0 bridgehead atoms. The number of hydrogen-bond donors (Lipinski definition) is 1. The first kappa shape index (κ1) is 19.4. The highest BCUT2D eigenvalue weighted by molar-refractivity contribution is 5.86. The number of nitrogens with two attached hydrogens (primary N) is 1. The quantitative estimate of drug-likeness (QED) is 0.448. The molecule has 0 saturated heterocycles. The fraction of sp³-hybridized carbons (Fsp3) is 0.267. The Hall–Kier alpha value is -3.26. The minimum absolute atomic E-state index is 0.827. The zero-order valence-electron chi connectivity index (χ0n) is 18.7. The highest BCUT2D eigenvalue weighted by Gasteiger charge is 2.21. The molecule has 0 atom stereocenters. The summed E-state index contributed by atoms with van der Waals surface area (Å²) in [6.07, 6.45) is 16.7. The lowest BCUT2D eigenvalue weighted by atomic mass is 9.80. The van der Waals surface area contributed by atoms with Crippen molar-refractivity contribution in [2.75, 3.05) is 5.73 Å². The normalized spacial score (nSPS) is 16.7. The Morgan fingerprint density at radius 3 is 2.56 bits per heavy atom. The van der Waals surface area contributed by atoms with Crippen LogP contribution in [0.2, 0.25) is 0 Å². The SMILES string of the molecule is Cc1oc2c(c1-c1ccc(Cc3ccc4c(c3)C3=C(C=CCC3)CC4)cc1N)C=CCC2. The van der Waals surface area contributed by atoms with Crippen molar-refractivity contribution in [2.45, 2.75) is 51.9 Å². The molecule has 0 radical (unpaired) electrons. The molecule has 2 nitrogen and oxygen atoms in total. The van der Waals surface area contributed by atoms with Gasteiger partial charge in [0.15, 0.2) is 0 Å². The zero-order valence-corrected chi connectivity index (χ0v) is 18.7. The summed E-state index contributed by atoms with van der Waals surface area (Å²) in [5.74, 6) is 2.05. The van der Waals surface area contributed by atoms with Gasteiger partial charge in [-0.2, -0.15) is 0 Å². The number of hydrogen-bond acceptors (Lipinski definition) is 2. The number of nitrogen functional groups attached to an aromatic ring is 1. The average Bonchev–Trinajstić information content (AvgIpc) is 3.15. The summed E-state index contributed by atoms with van der Waals surface area (Å²) in [6, 6.07) is 13.6. The average molecular weight is 420 g/mol. The summed E-state index contributed by atoms with van der Waals surface area (Å²) in [5.41, 5.74) is 19.6. The third-order valence-electron chi connectivity index (χ3n) is 7.24. The number of furan rings is 1. The molecule has 2 aromatic carbocycles. The number of aryl methyl sites for hydroxylation is 3. The van der Waals surface area contributed by atoms with Crippen molar-refractivity contribution in [1.29, 1.82) is 0 Å². The predicted octanol–water partition coefficient (Wildman–Crippen LogP) is 7.44. The second-order valence-corrected chi connectivity index (χ2v) is 9.35. The van der Waals surface area contributed by atoms with E-state index in [4.69, 9.17) is 10.2 Å². The van der Waals surface area contributed by atoms with E-state index in [-0.39, 0.29) is 0 Å². The molecule has 0 unspecified atom stereocenters. The van der Waals surface area contributed by atoms with Crippen LogP contribution in [0.4, 0.5) is 5.69 Å². The highest BCUT2D eigenvalue weighted by Crippen LogP contribution is 2.40. The van der Waals surface area contributed by atoms with Crippen molar-refractivity contribution in [1.82, 2.24) is 0 Å². The van der Waals surface area contributed by atoms with E-state index < -0.39 is 0 Å². The molecule has 0 spiro atoms. The van der Waals surface area contributed by atoms with Crippen LogP contribution in [0, 0.1) is 6.92 Å². The van der Waals surface area contributed by atoms with Gasteiger partial charge in [-0.1, -0.05) is 54.6 Å². The van der Waals surface area contributed by atoms with Gasteiger partial charge in [0.2, 0.25) is 0 Å². The molecule has 2 N–H and O–H groups in total. The number of fused-ring (bicyclic) bond motifs is 3. The minimum Gasteiger partial charge on any atom is -0.465 e. The number of rotatable bonds is 3. The number of benzene rings is 2. The van der Waals surface area contributed by atoms with E-state index in [1.165, 1.54) is 40.7 Å². The van der Waals surface area contributed by atoms with Gasteiger partial charge in [-0.15, -0.1) is 0 Å². The third kappa shape index (κ3) is 3.26. The van der Waals surface area contributed by atoms with Gasteiger partial charge in [0.25, 0.3) is 0 Å². The molecule has 3 aromatic rings. The Morgan fingerprint density at radius 1 is 0.844 bits per heavy atom. The standard InChI is InChI=1S/C30H29NO/c1-19-30(26-8-4-5-9-29(26)32-19)25-15-11-21(18-28(25)31)16-20-10-12-23-14-13-22-6-2-3-7-24(22)27(23)17-20/h2,4,6,8,10-12,15,17-18H,3,5,7,9,13-14,16,31H2,1H3. The van der Waals surface area contributed by atoms with E-state index in [0.29, 0.717) is 0 Å². The second-order valence-electron chi connectivity index (χ2n) is 9.35. The van der Waals surface area contributed by atoms with Crippen LogP contribution < -0.4 is 5.73 Å². The van der Waals surface area contributed by atoms with Gasteiger partial charge >= 0.3 is 0 Å². The molecule has 0 saturated carbocycles. The van der Waals surface area contributed by atoms with Gasteiger partial charge in [-0.3, -0.25) is 0 Å². The maximum Gasteiger partial charge on any atom is 0.112 e. The van der Waals surface area contributed by atoms with Crippen molar-refractivity contribution < 1.29 is 4.42 Å². The smallest absolute Gasteiger partial charge is 0.112 e. The maximum atomic E-state index is 6.59. The number of anilines is 1. The van der Waals surface area contributed by atoms with Gasteiger partial charge in [0, 0.05) is 28.8 Å². The lowest BCUT2D eigenvalue weighted by Gasteiger charge is -2.25.